The first-order valence-electron chi connectivity index (χ1n) is 6.10. The Morgan fingerprint density at radius 2 is 2.25 bits per heavy atom. The summed E-state index contributed by atoms with van der Waals surface area (Å²) in [6.45, 7) is 0.393. The van der Waals surface area contributed by atoms with Crippen LogP contribution in [-0.2, 0) is 6.54 Å². The molecule has 0 aromatic carbocycles. The molecule has 0 aliphatic carbocycles. The van der Waals surface area contributed by atoms with E-state index in [2.05, 4.69) is 32.1 Å². The number of hydrogen-bond acceptors (Lipinski definition) is 4. The van der Waals surface area contributed by atoms with Crippen molar-refractivity contribution in [3.63, 3.8) is 0 Å². The SMILES string of the molecule is O=C(NCc1cnc[nH]1)c1cncc(C#CCCO)c1. The third-order valence-electron chi connectivity index (χ3n) is 2.46. The largest absolute Gasteiger partial charge is 0.395 e. The minimum absolute atomic E-state index is 0.0186. The van der Waals surface area contributed by atoms with Crippen LogP contribution in [0.25, 0.3) is 0 Å². The van der Waals surface area contributed by atoms with E-state index in [1.807, 2.05) is 0 Å². The number of carbonyl (C=O) groups excluding carboxylic acids is 1. The van der Waals surface area contributed by atoms with E-state index < -0.39 is 0 Å². The van der Waals surface area contributed by atoms with Gasteiger partial charge in [-0.05, 0) is 6.07 Å². The van der Waals surface area contributed by atoms with Gasteiger partial charge in [-0.25, -0.2) is 4.98 Å². The topological polar surface area (TPSA) is 90.9 Å². The number of aromatic nitrogens is 3. The molecule has 6 heteroatoms. The lowest BCUT2D eigenvalue weighted by Gasteiger charge is -2.03. The fraction of sp³-hybridized carbons (Fsp3) is 0.214. The molecule has 0 spiro atoms. The van der Waals surface area contributed by atoms with E-state index in [1.165, 1.54) is 6.20 Å². The maximum atomic E-state index is 11.9. The molecule has 0 bridgehead atoms. The van der Waals surface area contributed by atoms with E-state index in [-0.39, 0.29) is 12.5 Å². The van der Waals surface area contributed by atoms with Crippen molar-refractivity contribution in [2.24, 2.45) is 0 Å². The second-order valence-electron chi connectivity index (χ2n) is 4.00. The van der Waals surface area contributed by atoms with Crippen LogP contribution in [-0.4, -0.2) is 32.6 Å². The third-order valence-corrected chi connectivity index (χ3v) is 2.46. The number of aliphatic hydroxyl groups excluding tert-OH is 1. The van der Waals surface area contributed by atoms with Crippen molar-refractivity contribution in [2.45, 2.75) is 13.0 Å². The number of H-pyrrole nitrogens is 1. The summed E-state index contributed by atoms with van der Waals surface area (Å²) in [5.74, 6) is 5.40. The second-order valence-corrected chi connectivity index (χ2v) is 4.00. The van der Waals surface area contributed by atoms with Crippen LogP contribution in [0.5, 0.6) is 0 Å². The van der Waals surface area contributed by atoms with Crippen LogP contribution < -0.4 is 5.32 Å². The fourth-order valence-corrected chi connectivity index (χ4v) is 1.51. The van der Waals surface area contributed by atoms with Crippen LogP contribution in [0.15, 0.2) is 31.0 Å². The quantitative estimate of drug-likeness (QED) is 0.704. The van der Waals surface area contributed by atoms with Crippen molar-refractivity contribution < 1.29 is 9.90 Å². The Bertz CT molecular complexity index is 626. The van der Waals surface area contributed by atoms with Gasteiger partial charge in [-0.15, -0.1) is 0 Å². The smallest absolute Gasteiger partial charge is 0.253 e. The van der Waals surface area contributed by atoms with Gasteiger partial charge in [-0.2, -0.15) is 0 Å². The van der Waals surface area contributed by atoms with E-state index in [1.54, 1.807) is 24.8 Å². The molecule has 0 aliphatic rings. The molecule has 0 aliphatic heterocycles. The van der Waals surface area contributed by atoms with Crippen molar-refractivity contribution in [3.8, 4) is 11.8 Å². The summed E-state index contributed by atoms with van der Waals surface area (Å²) >= 11 is 0. The van der Waals surface area contributed by atoms with E-state index in [9.17, 15) is 4.79 Å². The Balaban J connectivity index is 1.99. The fourth-order valence-electron chi connectivity index (χ4n) is 1.51. The van der Waals surface area contributed by atoms with Gasteiger partial charge in [0.1, 0.15) is 0 Å². The summed E-state index contributed by atoms with van der Waals surface area (Å²) in [6.07, 6.45) is 6.67. The van der Waals surface area contributed by atoms with Crippen LogP contribution in [0, 0.1) is 11.8 Å². The molecule has 2 aromatic heterocycles. The van der Waals surface area contributed by atoms with Gasteiger partial charge in [0.25, 0.3) is 5.91 Å². The molecule has 0 fully saturated rings. The van der Waals surface area contributed by atoms with E-state index in [4.69, 9.17) is 5.11 Å². The highest BCUT2D eigenvalue weighted by molar-refractivity contribution is 5.94. The lowest BCUT2D eigenvalue weighted by atomic mass is 10.2. The van der Waals surface area contributed by atoms with Gasteiger partial charge in [-0.1, -0.05) is 11.8 Å². The molecule has 20 heavy (non-hydrogen) atoms. The summed E-state index contributed by atoms with van der Waals surface area (Å²) in [5, 5.41) is 11.4. The monoisotopic (exact) mass is 270 g/mol. The van der Waals surface area contributed by atoms with Crippen LogP contribution in [0.2, 0.25) is 0 Å². The lowest BCUT2D eigenvalue weighted by molar-refractivity contribution is 0.0950. The van der Waals surface area contributed by atoms with E-state index in [0.717, 1.165) is 5.69 Å². The molecular formula is C14H14N4O2. The molecular weight excluding hydrogens is 256 g/mol. The van der Waals surface area contributed by atoms with Crippen molar-refractivity contribution in [3.05, 3.63) is 47.8 Å². The summed E-state index contributed by atoms with van der Waals surface area (Å²) in [4.78, 5) is 22.7. The molecule has 0 saturated carbocycles. The zero-order valence-corrected chi connectivity index (χ0v) is 10.8. The normalized spacial score (nSPS) is 9.65. The Hall–Kier alpha value is -2.65. The van der Waals surface area contributed by atoms with Gasteiger partial charge in [0, 0.05) is 30.6 Å². The number of rotatable bonds is 4. The lowest BCUT2D eigenvalue weighted by Crippen LogP contribution is -2.23. The molecule has 0 radical (unpaired) electrons. The molecule has 0 saturated heterocycles. The molecule has 2 rings (SSSR count). The number of nitrogens with one attached hydrogen (secondary N) is 2. The number of hydrogen-bond donors (Lipinski definition) is 3. The van der Waals surface area contributed by atoms with Crippen molar-refractivity contribution in [1.82, 2.24) is 20.3 Å². The third kappa shape index (κ3) is 3.93. The highest BCUT2D eigenvalue weighted by atomic mass is 16.2. The van der Waals surface area contributed by atoms with Crippen LogP contribution in [0.4, 0.5) is 0 Å². The van der Waals surface area contributed by atoms with Gasteiger partial charge in [-0.3, -0.25) is 9.78 Å². The Morgan fingerprint density at radius 3 is 3.00 bits per heavy atom. The number of nitrogens with zero attached hydrogens (tertiary/aromatic N) is 2. The van der Waals surface area contributed by atoms with Gasteiger partial charge in [0.15, 0.2) is 0 Å². The van der Waals surface area contributed by atoms with Gasteiger partial charge in [0.2, 0.25) is 0 Å². The predicted octanol–water partition coefficient (Wildman–Crippen LogP) is 0.469. The highest BCUT2D eigenvalue weighted by Crippen LogP contribution is 2.02. The number of carbonyl (C=O) groups is 1. The zero-order chi connectivity index (χ0) is 14.2. The Morgan fingerprint density at radius 1 is 1.35 bits per heavy atom. The first-order valence-corrected chi connectivity index (χ1v) is 6.10. The number of imidazole rings is 1. The summed E-state index contributed by atoms with van der Waals surface area (Å²) in [5.41, 5.74) is 1.91. The molecule has 0 unspecified atom stereocenters. The maximum Gasteiger partial charge on any atom is 0.253 e. The first-order chi connectivity index (χ1) is 9.79. The average molecular weight is 270 g/mol. The number of amides is 1. The minimum Gasteiger partial charge on any atom is -0.395 e. The standard InChI is InChI=1S/C14H14N4O2/c19-4-2-1-3-11-5-12(7-15-6-11)14(20)17-9-13-8-16-10-18-13/h5-8,10,19H,2,4,9H2,(H,16,18)(H,17,20). The van der Waals surface area contributed by atoms with Crippen LogP contribution >= 0.6 is 0 Å². The summed E-state index contributed by atoms with van der Waals surface area (Å²) in [7, 11) is 0. The number of aromatic amines is 1. The Labute approximate surface area is 116 Å². The van der Waals surface area contributed by atoms with Crippen molar-refractivity contribution in [1.29, 1.82) is 0 Å². The van der Waals surface area contributed by atoms with Crippen LogP contribution in [0.1, 0.15) is 28.0 Å². The molecule has 6 nitrogen and oxygen atoms in total. The summed E-state index contributed by atoms with van der Waals surface area (Å²) < 4.78 is 0. The number of aliphatic hydroxyl groups is 1. The first kappa shape index (κ1) is 13.8. The maximum absolute atomic E-state index is 11.9. The average Bonchev–Trinajstić information content (AvgIpc) is 2.99. The minimum atomic E-state index is -0.224. The highest BCUT2D eigenvalue weighted by Gasteiger charge is 2.06. The number of pyridine rings is 1. The molecule has 2 aromatic rings. The summed E-state index contributed by atoms with van der Waals surface area (Å²) in [6, 6.07) is 1.67. The molecule has 1 amide bonds. The molecule has 3 N–H and O–H groups in total. The van der Waals surface area contributed by atoms with Crippen molar-refractivity contribution in [2.75, 3.05) is 6.61 Å². The van der Waals surface area contributed by atoms with Gasteiger partial charge >= 0.3 is 0 Å². The zero-order valence-electron chi connectivity index (χ0n) is 10.8. The van der Waals surface area contributed by atoms with E-state index in [0.29, 0.717) is 24.1 Å². The van der Waals surface area contributed by atoms with Gasteiger partial charge in [0.05, 0.1) is 30.7 Å². The Kier molecular flexibility index (Phi) is 4.87. The molecule has 2 heterocycles. The predicted molar refractivity (Wildman–Crippen MR) is 72.6 cm³/mol. The van der Waals surface area contributed by atoms with Crippen molar-refractivity contribution >= 4 is 5.91 Å². The second kappa shape index (κ2) is 7.07. The van der Waals surface area contributed by atoms with E-state index >= 15 is 0 Å². The van der Waals surface area contributed by atoms with Crippen LogP contribution in [0.3, 0.4) is 0 Å². The molecule has 0 atom stereocenters. The molecule has 102 valence electrons. The van der Waals surface area contributed by atoms with Gasteiger partial charge < -0.3 is 15.4 Å².